The molecule has 0 bridgehead atoms. The lowest BCUT2D eigenvalue weighted by Crippen LogP contribution is -2.31. The molecule has 2 atom stereocenters. The Balaban J connectivity index is 1.77. The maximum absolute atomic E-state index is 11.2. The molecule has 29 heavy (non-hydrogen) atoms. The summed E-state index contributed by atoms with van der Waals surface area (Å²) in [4.78, 5) is 18.0. The minimum atomic E-state index is -0.932. The second-order valence-electron chi connectivity index (χ2n) is 6.98. The zero-order valence-corrected chi connectivity index (χ0v) is 16.8. The first-order valence-corrected chi connectivity index (χ1v) is 10.00. The highest BCUT2D eigenvalue weighted by atomic mass is 32.1. The van der Waals surface area contributed by atoms with Gasteiger partial charge in [0.2, 0.25) is 0 Å². The van der Waals surface area contributed by atoms with Crippen molar-refractivity contribution in [1.82, 2.24) is 19.8 Å². The van der Waals surface area contributed by atoms with E-state index in [4.69, 9.17) is 12.2 Å². The van der Waals surface area contributed by atoms with E-state index >= 15 is 0 Å². The molecule has 148 valence electrons. The average Bonchev–Trinajstić information content (AvgIpc) is 3.34. The van der Waals surface area contributed by atoms with Crippen LogP contribution in [0.1, 0.15) is 47.2 Å². The molecular weight excluding hydrogens is 384 g/mol. The lowest BCUT2D eigenvalue weighted by molar-refractivity contribution is 0.0697. The molecule has 0 aliphatic carbocycles. The summed E-state index contributed by atoms with van der Waals surface area (Å²) in [5.41, 5.74) is 3.19. The van der Waals surface area contributed by atoms with Gasteiger partial charge in [-0.25, -0.2) is 4.79 Å². The summed E-state index contributed by atoms with van der Waals surface area (Å²) in [6.45, 7) is 2.97. The predicted molar refractivity (Wildman–Crippen MR) is 115 cm³/mol. The lowest BCUT2D eigenvalue weighted by Gasteiger charge is -2.28. The first-order chi connectivity index (χ1) is 14.1. The molecule has 0 spiro atoms. The highest BCUT2D eigenvalue weighted by molar-refractivity contribution is 7.80. The van der Waals surface area contributed by atoms with Crippen molar-refractivity contribution in [1.29, 1.82) is 0 Å². The van der Waals surface area contributed by atoms with Gasteiger partial charge in [0.15, 0.2) is 5.11 Å². The maximum Gasteiger partial charge on any atom is 0.335 e. The van der Waals surface area contributed by atoms with E-state index in [0.717, 1.165) is 35.2 Å². The third-order valence-electron chi connectivity index (χ3n) is 5.14. The average molecular weight is 407 g/mol. The van der Waals surface area contributed by atoms with Crippen LogP contribution in [0.5, 0.6) is 0 Å². The van der Waals surface area contributed by atoms with E-state index in [-0.39, 0.29) is 17.6 Å². The van der Waals surface area contributed by atoms with Crippen molar-refractivity contribution >= 4 is 23.3 Å². The molecule has 1 aliphatic heterocycles. The fourth-order valence-corrected chi connectivity index (χ4v) is 4.18. The zero-order chi connectivity index (χ0) is 20.4. The van der Waals surface area contributed by atoms with Gasteiger partial charge in [0.05, 0.1) is 23.3 Å². The van der Waals surface area contributed by atoms with E-state index in [0.29, 0.717) is 0 Å². The van der Waals surface area contributed by atoms with E-state index in [1.165, 1.54) is 0 Å². The van der Waals surface area contributed by atoms with Crippen molar-refractivity contribution in [2.45, 2.75) is 25.4 Å². The molecule has 1 saturated heterocycles. The summed E-state index contributed by atoms with van der Waals surface area (Å²) < 4.78 is 2.09. The first-order valence-electron chi connectivity index (χ1n) is 9.59. The molecule has 1 aliphatic rings. The second-order valence-corrected chi connectivity index (χ2v) is 7.36. The molecule has 0 amide bonds. The summed E-state index contributed by atoms with van der Waals surface area (Å²) >= 11 is 5.65. The Morgan fingerprint density at radius 1 is 1.17 bits per heavy atom. The van der Waals surface area contributed by atoms with E-state index in [2.05, 4.69) is 32.8 Å². The van der Waals surface area contributed by atoms with E-state index in [1.807, 2.05) is 42.6 Å². The van der Waals surface area contributed by atoms with Crippen molar-refractivity contribution < 1.29 is 9.90 Å². The number of nitrogens with one attached hydrogen (secondary N) is 1. The topological polar surface area (TPSA) is 70.4 Å². The van der Waals surface area contributed by atoms with Gasteiger partial charge in [-0.3, -0.25) is 4.98 Å². The standard InChI is InChI=1S/C22H22N4O2S/c1-2-13-26-20(19(24-22(26)29)17-6-3-4-12-23-17)18-7-5-14-25(18)16-10-8-15(9-11-16)21(27)28/h3-12,14,19-20H,2,13H2,1H3,(H,24,29)(H,27,28)/t19-,20-/m0/s1. The molecule has 0 unspecified atom stereocenters. The third kappa shape index (κ3) is 3.61. The quantitative estimate of drug-likeness (QED) is 0.604. The predicted octanol–water partition coefficient (Wildman–Crippen LogP) is 3.95. The van der Waals surface area contributed by atoms with Crippen LogP contribution in [0.2, 0.25) is 0 Å². The number of thiocarbonyl (C=S) groups is 1. The van der Waals surface area contributed by atoms with Crippen LogP contribution in [-0.2, 0) is 0 Å². The fraction of sp³-hybridized carbons (Fsp3) is 0.227. The van der Waals surface area contributed by atoms with Gasteiger partial charge in [-0.15, -0.1) is 0 Å². The Morgan fingerprint density at radius 3 is 2.62 bits per heavy atom. The number of hydrogen-bond acceptors (Lipinski definition) is 3. The van der Waals surface area contributed by atoms with Gasteiger partial charge in [0.25, 0.3) is 0 Å². The number of hydrogen-bond donors (Lipinski definition) is 2. The van der Waals surface area contributed by atoms with Crippen molar-refractivity contribution in [2.75, 3.05) is 6.54 Å². The second kappa shape index (κ2) is 8.05. The normalized spacial score (nSPS) is 18.7. The Kier molecular flexibility index (Phi) is 5.31. The number of carboxylic acids is 1. The number of rotatable bonds is 6. The van der Waals surface area contributed by atoms with Crippen LogP contribution < -0.4 is 5.32 Å². The molecule has 2 aromatic heterocycles. The molecule has 4 rings (SSSR count). The molecule has 3 aromatic rings. The van der Waals surface area contributed by atoms with Gasteiger partial charge in [-0.2, -0.15) is 0 Å². The van der Waals surface area contributed by atoms with Gasteiger partial charge in [-0.05, 0) is 67.2 Å². The molecule has 7 heteroatoms. The number of pyridine rings is 1. The third-order valence-corrected chi connectivity index (χ3v) is 5.49. The van der Waals surface area contributed by atoms with Crippen LogP contribution in [0.15, 0.2) is 67.0 Å². The monoisotopic (exact) mass is 406 g/mol. The van der Waals surface area contributed by atoms with E-state index < -0.39 is 5.97 Å². The molecule has 0 radical (unpaired) electrons. The van der Waals surface area contributed by atoms with Crippen LogP contribution in [0, 0.1) is 0 Å². The van der Waals surface area contributed by atoms with E-state index in [1.54, 1.807) is 18.3 Å². The van der Waals surface area contributed by atoms with Gasteiger partial charge < -0.3 is 19.9 Å². The van der Waals surface area contributed by atoms with Crippen LogP contribution in [0.3, 0.4) is 0 Å². The number of aromatic nitrogens is 2. The number of carbonyl (C=O) groups is 1. The molecule has 6 nitrogen and oxygen atoms in total. The van der Waals surface area contributed by atoms with Crippen LogP contribution in [0.4, 0.5) is 0 Å². The number of carboxylic acid groups (broad SMARTS) is 1. The maximum atomic E-state index is 11.2. The number of aromatic carboxylic acids is 1. The Morgan fingerprint density at radius 2 is 1.97 bits per heavy atom. The van der Waals surface area contributed by atoms with Gasteiger partial charge >= 0.3 is 5.97 Å². The fourth-order valence-electron chi connectivity index (χ4n) is 3.84. The van der Waals surface area contributed by atoms with Gasteiger partial charge in [0.1, 0.15) is 0 Å². The van der Waals surface area contributed by atoms with Crippen molar-refractivity contribution in [3.8, 4) is 5.69 Å². The summed E-state index contributed by atoms with van der Waals surface area (Å²) in [6.07, 6.45) is 4.76. The molecule has 1 aromatic carbocycles. The molecule has 1 fully saturated rings. The van der Waals surface area contributed by atoms with Crippen molar-refractivity contribution in [2.24, 2.45) is 0 Å². The van der Waals surface area contributed by atoms with E-state index in [9.17, 15) is 9.90 Å². The van der Waals surface area contributed by atoms with Crippen LogP contribution in [0.25, 0.3) is 5.69 Å². The smallest absolute Gasteiger partial charge is 0.335 e. The largest absolute Gasteiger partial charge is 0.478 e. The van der Waals surface area contributed by atoms with Gasteiger partial charge in [0, 0.05) is 30.3 Å². The van der Waals surface area contributed by atoms with Crippen molar-refractivity contribution in [3.05, 3.63) is 83.9 Å². The number of benzene rings is 1. The van der Waals surface area contributed by atoms with Crippen LogP contribution in [-0.4, -0.2) is 37.2 Å². The van der Waals surface area contributed by atoms with Crippen molar-refractivity contribution in [3.63, 3.8) is 0 Å². The Bertz CT molecular complexity index is 1020. The minimum Gasteiger partial charge on any atom is -0.478 e. The summed E-state index contributed by atoms with van der Waals surface area (Å²) in [5, 5.41) is 13.3. The highest BCUT2D eigenvalue weighted by Gasteiger charge is 2.40. The SMILES string of the molecule is CCCN1C(=S)N[C@@H](c2ccccn2)[C@@H]1c1cccn1-c1ccc(C(=O)O)cc1. The summed E-state index contributed by atoms with van der Waals surface area (Å²) in [7, 11) is 0. The summed E-state index contributed by atoms with van der Waals surface area (Å²) in [5.74, 6) is -0.932. The lowest BCUT2D eigenvalue weighted by atomic mass is 10.0. The van der Waals surface area contributed by atoms with Crippen LogP contribution >= 0.6 is 12.2 Å². The zero-order valence-electron chi connectivity index (χ0n) is 16.0. The molecular formula is C22H22N4O2S. The molecule has 0 saturated carbocycles. The summed E-state index contributed by atoms with van der Waals surface area (Å²) in [6, 6.07) is 16.8. The minimum absolute atomic E-state index is 0.0218. The molecule has 2 N–H and O–H groups in total. The Labute approximate surface area is 174 Å². The first kappa shape index (κ1) is 19.1. The molecule has 3 heterocycles. The Hall–Kier alpha value is -3.19. The van der Waals surface area contributed by atoms with Gasteiger partial charge in [-0.1, -0.05) is 13.0 Å². The number of nitrogens with zero attached hydrogens (tertiary/aromatic N) is 3. The highest BCUT2D eigenvalue weighted by Crippen LogP contribution is 2.39.